The molecular weight excluding hydrogens is 199 g/mol. The quantitative estimate of drug-likeness (QED) is 0.445. The van der Waals surface area contributed by atoms with Gasteiger partial charge in [-0.15, -0.1) is 0 Å². The molecule has 0 spiro atoms. The van der Waals surface area contributed by atoms with Crippen LogP contribution < -0.4 is 0 Å². The minimum atomic E-state index is -0.990. The lowest BCUT2D eigenvalue weighted by Crippen LogP contribution is -2.27. The predicted octanol–water partition coefficient (Wildman–Crippen LogP) is 1.83. The Bertz CT molecular complexity index is 291. The van der Waals surface area contributed by atoms with Crippen molar-refractivity contribution in [2.24, 2.45) is 5.92 Å². The number of rotatable bonds is 0. The number of carbonyl (C=O) groups is 1. The molecule has 2 rings (SSSR count). The molecule has 1 atom stereocenters. The molecule has 0 saturated carbocycles. The van der Waals surface area contributed by atoms with Crippen LogP contribution in [0, 0.1) is 5.92 Å². The number of allylic oxidation sites excluding steroid dienone is 3. The summed E-state index contributed by atoms with van der Waals surface area (Å²) >= 11 is 11.9. The first kappa shape index (κ1) is 8.14. The van der Waals surface area contributed by atoms with Gasteiger partial charge in [-0.2, -0.15) is 0 Å². The normalized spacial score (nSPS) is 31.0. The number of fused-ring (bicyclic) bond motifs is 1. The van der Waals surface area contributed by atoms with Gasteiger partial charge in [0, 0.05) is 5.57 Å². The molecule has 0 aromatic heterocycles. The van der Waals surface area contributed by atoms with Gasteiger partial charge in [0.25, 0.3) is 0 Å². The van der Waals surface area contributed by atoms with Gasteiger partial charge in [0.1, 0.15) is 10.9 Å². The van der Waals surface area contributed by atoms with E-state index in [0.29, 0.717) is 5.57 Å². The molecule has 4 heteroatoms. The summed E-state index contributed by atoms with van der Waals surface area (Å²) < 4.78 is 3.83. The van der Waals surface area contributed by atoms with Crippen molar-refractivity contribution in [1.29, 1.82) is 0 Å². The molecule has 0 radical (unpaired) electrons. The lowest BCUT2D eigenvalue weighted by atomic mass is 9.93. The van der Waals surface area contributed by atoms with Crippen LogP contribution in [0.4, 0.5) is 0 Å². The van der Waals surface area contributed by atoms with Crippen molar-refractivity contribution < 1.29 is 9.53 Å². The first-order valence-electron chi connectivity index (χ1n) is 3.55. The van der Waals surface area contributed by atoms with E-state index >= 15 is 0 Å². The first-order chi connectivity index (χ1) is 5.61. The Kier molecular flexibility index (Phi) is 1.70. The number of halogens is 2. The third-order valence-corrected chi connectivity index (χ3v) is 2.83. The SMILES string of the molecule is O=C1OCC2C1=CC=CC2(Cl)Cl. The van der Waals surface area contributed by atoms with Crippen molar-refractivity contribution >= 4 is 29.2 Å². The number of ether oxygens (including phenoxy) is 1. The Morgan fingerprint density at radius 1 is 1.58 bits per heavy atom. The van der Waals surface area contributed by atoms with Gasteiger partial charge in [-0.25, -0.2) is 4.79 Å². The van der Waals surface area contributed by atoms with Crippen LogP contribution in [-0.2, 0) is 9.53 Å². The number of alkyl halides is 2. The fourth-order valence-corrected chi connectivity index (χ4v) is 1.88. The van der Waals surface area contributed by atoms with Crippen LogP contribution in [0.25, 0.3) is 0 Å². The van der Waals surface area contributed by atoms with Crippen molar-refractivity contribution in [2.75, 3.05) is 6.61 Å². The molecule has 2 aliphatic rings. The Labute approximate surface area is 79.8 Å². The summed E-state index contributed by atoms with van der Waals surface area (Å²) in [5.41, 5.74) is 0.572. The van der Waals surface area contributed by atoms with E-state index in [0.717, 1.165) is 0 Å². The molecule has 12 heavy (non-hydrogen) atoms. The Hall–Kier alpha value is -0.470. The Morgan fingerprint density at radius 2 is 2.33 bits per heavy atom. The standard InChI is InChI=1S/C8H6Cl2O2/c9-8(10)3-1-2-5-6(8)4-12-7(5)11/h1-3,6H,4H2. The maximum absolute atomic E-state index is 11.1. The van der Waals surface area contributed by atoms with E-state index in [4.69, 9.17) is 27.9 Å². The molecule has 1 unspecified atom stereocenters. The highest BCUT2D eigenvalue weighted by atomic mass is 35.5. The van der Waals surface area contributed by atoms with Crippen LogP contribution >= 0.6 is 23.2 Å². The number of cyclic esters (lactones) is 1. The third-order valence-electron chi connectivity index (χ3n) is 2.05. The average molecular weight is 205 g/mol. The molecule has 1 heterocycles. The summed E-state index contributed by atoms with van der Waals surface area (Å²) in [6.07, 6.45) is 5.04. The highest BCUT2D eigenvalue weighted by molar-refractivity contribution is 6.50. The lowest BCUT2D eigenvalue weighted by molar-refractivity contribution is -0.135. The van der Waals surface area contributed by atoms with Crippen LogP contribution in [0.15, 0.2) is 23.8 Å². The number of hydrogen-bond acceptors (Lipinski definition) is 2. The van der Waals surface area contributed by atoms with E-state index in [2.05, 4.69) is 0 Å². The van der Waals surface area contributed by atoms with E-state index in [-0.39, 0.29) is 18.5 Å². The van der Waals surface area contributed by atoms with E-state index in [1.165, 1.54) is 0 Å². The predicted molar refractivity (Wildman–Crippen MR) is 46.1 cm³/mol. The number of hydrogen-bond donors (Lipinski definition) is 0. The first-order valence-corrected chi connectivity index (χ1v) is 4.31. The molecular formula is C8H6Cl2O2. The maximum Gasteiger partial charge on any atom is 0.334 e. The third kappa shape index (κ3) is 1.06. The zero-order valence-corrected chi connectivity index (χ0v) is 7.60. The van der Waals surface area contributed by atoms with Gasteiger partial charge >= 0.3 is 5.97 Å². The van der Waals surface area contributed by atoms with Crippen LogP contribution in [0.1, 0.15) is 0 Å². The number of carbonyl (C=O) groups excluding carboxylic acids is 1. The monoisotopic (exact) mass is 204 g/mol. The fraction of sp³-hybridized carbons (Fsp3) is 0.375. The highest BCUT2D eigenvalue weighted by Crippen LogP contribution is 2.42. The van der Waals surface area contributed by atoms with Gasteiger partial charge < -0.3 is 4.74 Å². The van der Waals surface area contributed by atoms with Crippen molar-refractivity contribution in [3.05, 3.63) is 23.8 Å². The van der Waals surface area contributed by atoms with Gasteiger partial charge in [-0.05, 0) is 6.08 Å². The molecule has 0 aromatic carbocycles. The Morgan fingerprint density at radius 3 is 3.00 bits per heavy atom. The van der Waals surface area contributed by atoms with Crippen LogP contribution in [-0.4, -0.2) is 16.9 Å². The Balaban J connectivity index is 2.40. The molecule has 1 fully saturated rings. The van der Waals surface area contributed by atoms with E-state index in [1.807, 2.05) is 0 Å². The zero-order valence-electron chi connectivity index (χ0n) is 6.09. The topological polar surface area (TPSA) is 26.3 Å². The lowest BCUT2D eigenvalue weighted by Gasteiger charge is -2.23. The summed E-state index contributed by atoms with van der Waals surface area (Å²) in [5, 5.41) is 0. The van der Waals surface area contributed by atoms with Gasteiger partial charge in [0.15, 0.2) is 0 Å². The van der Waals surface area contributed by atoms with E-state index < -0.39 is 4.33 Å². The highest BCUT2D eigenvalue weighted by Gasteiger charge is 2.44. The van der Waals surface area contributed by atoms with Crippen LogP contribution in [0.5, 0.6) is 0 Å². The largest absolute Gasteiger partial charge is 0.462 e. The van der Waals surface area contributed by atoms with Gasteiger partial charge in [-0.1, -0.05) is 35.4 Å². The van der Waals surface area contributed by atoms with Crippen molar-refractivity contribution in [3.63, 3.8) is 0 Å². The molecule has 1 aliphatic carbocycles. The second-order valence-corrected chi connectivity index (χ2v) is 4.25. The molecule has 0 bridgehead atoms. The molecule has 0 N–H and O–H groups in total. The summed E-state index contributed by atoms with van der Waals surface area (Å²) in [4.78, 5) is 11.1. The van der Waals surface area contributed by atoms with E-state index in [9.17, 15) is 4.79 Å². The van der Waals surface area contributed by atoms with Crippen molar-refractivity contribution in [3.8, 4) is 0 Å². The van der Waals surface area contributed by atoms with E-state index in [1.54, 1.807) is 18.2 Å². The van der Waals surface area contributed by atoms with Crippen LogP contribution in [0.3, 0.4) is 0 Å². The maximum atomic E-state index is 11.1. The summed E-state index contributed by atoms with van der Waals surface area (Å²) in [5.74, 6) is -0.520. The molecule has 0 amide bonds. The summed E-state index contributed by atoms with van der Waals surface area (Å²) in [6, 6.07) is 0. The second kappa shape index (κ2) is 2.51. The minimum Gasteiger partial charge on any atom is -0.462 e. The summed E-state index contributed by atoms with van der Waals surface area (Å²) in [6.45, 7) is 0.280. The summed E-state index contributed by atoms with van der Waals surface area (Å²) in [7, 11) is 0. The minimum absolute atomic E-state index is 0.210. The van der Waals surface area contributed by atoms with Gasteiger partial charge in [0.05, 0.1) is 5.92 Å². The molecule has 0 aromatic rings. The van der Waals surface area contributed by atoms with Crippen LogP contribution in [0.2, 0.25) is 0 Å². The number of esters is 1. The molecule has 2 nitrogen and oxygen atoms in total. The smallest absolute Gasteiger partial charge is 0.334 e. The zero-order chi connectivity index (χ0) is 8.77. The molecule has 1 aliphatic heterocycles. The van der Waals surface area contributed by atoms with Gasteiger partial charge in [0.2, 0.25) is 0 Å². The molecule has 1 saturated heterocycles. The fourth-order valence-electron chi connectivity index (χ4n) is 1.37. The van der Waals surface area contributed by atoms with Crippen molar-refractivity contribution in [2.45, 2.75) is 4.33 Å². The molecule has 64 valence electrons. The second-order valence-electron chi connectivity index (χ2n) is 2.81. The average Bonchev–Trinajstić information content (AvgIpc) is 2.33. The van der Waals surface area contributed by atoms with Gasteiger partial charge in [-0.3, -0.25) is 0 Å². The van der Waals surface area contributed by atoms with Crippen molar-refractivity contribution in [1.82, 2.24) is 0 Å².